The van der Waals surface area contributed by atoms with E-state index in [1.54, 1.807) is 12.4 Å². The van der Waals surface area contributed by atoms with Gasteiger partial charge < -0.3 is 4.90 Å². The Labute approximate surface area is 149 Å². The van der Waals surface area contributed by atoms with Crippen molar-refractivity contribution >= 4 is 23.4 Å². The zero-order valence-electron chi connectivity index (χ0n) is 13.7. The molecular weight excluding hydrogens is 334 g/mol. The topological polar surface area (TPSA) is 74.8 Å². The zero-order valence-corrected chi connectivity index (χ0v) is 14.5. The number of nitrogens with zero attached hydrogens (tertiary/aromatic N) is 4. The molecule has 7 heteroatoms. The van der Waals surface area contributed by atoms with Gasteiger partial charge in [0, 0.05) is 29.7 Å². The van der Waals surface area contributed by atoms with Crippen molar-refractivity contribution in [3.05, 3.63) is 54.4 Å². The van der Waals surface area contributed by atoms with Crippen LogP contribution in [0, 0.1) is 0 Å². The Morgan fingerprint density at radius 1 is 1.32 bits per heavy atom. The van der Waals surface area contributed by atoms with Gasteiger partial charge in [-0.2, -0.15) is 0 Å². The van der Waals surface area contributed by atoms with E-state index in [0.29, 0.717) is 16.7 Å². The fourth-order valence-corrected chi connectivity index (χ4v) is 3.74. The molecule has 0 spiro atoms. The van der Waals surface area contributed by atoms with Crippen molar-refractivity contribution in [2.24, 2.45) is 0 Å². The minimum atomic E-state index is 0.0789. The average molecular weight is 351 g/mol. The van der Waals surface area contributed by atoms with Gasteiger partial charge in [0.25, 0.3) is 0 Å². The van der Waals surface area contributed by atoms with Gasteiger partial charge in [-0.3, -0.25) is 14.9 Å². The van der Waals surface area contributed by atoms with Crippen molar-refractivity contribution in [2.45, 2.75) is 24.5 Å². The molecule has 1 atom stereocenters. The molecule has 0 radical (unpaired) electrons. The molecule has 1 unspecified atom stereocenters. The van der Waals surface area contributed by atoms with Gasteiger partial charge in [-0.15, -0.1) is 5.10 Å². The van der Waals surface area contributed by atoms with E-state index in [-0.39, 0.29) is 11.9 Å². The second-order valence-corrected chi connectivity index (χ2v) is 6.89. The first-order chi connectivity index (χ1) is 12.2. The predicted octanol–water partition coefficient (Wildman–Crippen LogP) is 2.94. The zero-order chi connectivity index (χ0) is 17.2. The number of rotatable bonds is 4. The van der Waals surface area contributed by atoms with Crippen LogP contribution in [-0.2, 0) is 11.2 Å². The number of nitrogens with one attached hydrogen (secondary N) is 1. The predicted molar refractivity (Wildman–Crippen MR) is 97.4 cm³/mol. The van der Waals surface area contributed by atoms with Gasteiger partial charge in [0.05, 0.1) is 5.75 Å². The minimum Gasteiger partial charge on any atom is -0.308 e. The van der Waals surface area contributed by atoms with Gasteiger partial charge in [0.2, 0.25) is 11.1 Å². The molecule has 1 N–H and O–H groups in total. The van der Waals surface area contributed by atoms with Crippen molar-refractivity contribution in [1.29, 1.82) is 0 Å². The second-order valence-electron chi connectivity index (χ2n) is 5.94. The Kier molecular flexibility index (Phi) is 4.23. The lowest BCUT2D eigenvalue weighted by atomic mass is 10.1. The number of para-hydroxylation sites is 1. The number of hydrogen-bond donors (Lipinski definition) is 1. The fraction of sp³-hybridized carbons (Fsp3) is 0.222. The van der Waals surface area contributed by atoms with Crippen LogP contribution in [0.1, 0.15) is 12.5 Å². The maximum absolute atomic E-state index is 12.7. The molecule has 1 aliphatic rings. The summed E-state index contributed by atoms with van der Waals surface area (Å²) >= 11 is 1.34. The lowest BCUT2D eigenvalue weighted by Gasteiger charge is -2.22. The molecule has 1 amide bonds. The second kappa shape index (κ2) is 6.68. The number of carbonyl (C=O) groups is 1. The molecule has 1 aromatic carbocycles. The summed E-state index contributed by atoms with van der Waals surface area (Å²) in [6, 6.07) is 12.0. The Morgan fingerprint density at radius 3 is 3.04 bits per heavy atom. The van der Waals surface area contributed by atoms with Gasteiger partial charge >= 0.3 is 0 Å². The summed E-state index contributed by atoms with van der Waals surface area (Å²) in [6.45, 7) is 2.08. The third-order valence-corrected chi connectivity index (χ3v) is 5.03. The van der Waals surface area contributed by atoms with Crippen molar-refractivity contribution in [2.75, 3.05) is 10.7 Å². The van der Waals surface area contributed by atoms with Crippen molar-refractivity contribution in [3.8, 4) is 11.4 Å². The van der Waals surface area contributed by atoms with Crippen LogP contribution in [0.2, 0.25) is 0 Å². The highest BCUT2D eigenvalue weighted by Gasteiger charge is 2.30. The standard InChI is InChI=1S/C18H17N5OS/c1-12-9-13-5-2-3-7-15(13)23(12)16(24)11-25-18-20-17(21-22-18)14-6-4-8-19-10-14/h2-8,10,12H,9,11H2,1H3,(H,20,21,22). The fourth-order valence-electron chi connectivity index (χ4n) is 3.08. The van der Waals surface area contributed by atoms with Gasteiger partial charge in [0.15, 0.2) is 5.82 Å². The molecule has 0 fully saturated rings. The highest BCUT2D eigenvalue weighted by molar-refractivity contribution is 7.99. The SMILES string of the molecule is CC1Cc2ccccc2N1C(=O)CSc1n[nH]c(-c2cccnc2)n1. The summed E-state index contributed by atoms with van der Waals surface area (Å²) in [7, 11) is 0. The van der Waals surface area contributed by atoms with E-state index >= 15 is 0 Å². The number of aromatic nitrogens is 4. The van der Waals surface area contributed by atoms with E-state index in [9.17, 15) is 4.79 Å². The molecule has 0 bridgehead atoms. The van der Waals surface area contributed by atoms with E-state index in [4.69, 9.17) is 0 Å². The molecule has 2 aromatic heterocycles. The van der Waals surface area contributed by atoms with Crippen LogP contribution < -0.4 is 4.90 Å². The molecule has 0 saturated carbocycles. The Hall–Kier alpha value is -2.67. The molecule has 126 valence electrons. The molecule has 0 saturated heterocycles. The maximum Gasteiger partial charge on any atom is 0.237 e. The van der Waals surface area contributed by atoms with Crippen molar-refractivity contribution in [3.63, 3.8) is 0 Å². The molecule has 0 aliphatic carbocycles. The van der Waals surface area contributed by atoms with E-state index in [1.807, 2.05) is 35.2 Å². The maximum atomic E-state index is 12.7. The highest BCUT2D eigenvalue weighted by Crippen LogP contribution is 2.32. The molecule has 25 heavy (non-hydrogen) atoms. The number of H-pyrrole nitrogens is 1. The molecule has 3 aromatic rings. The number of fused-ring (bicyclic) bond motifs is 1. The monoisotopic (exact) mass is 351 g/mol. The number of benzene rings is 1. The van der Waals surface area contributed by atoms with Crippen LogP contribution in [0.4, 0.5) is 5.69 Å². The van der Waals surface area contributed by atoms with Crippen LogP contribution in [0.3, 0.4) is 0 Å². The van der Waals surface area contributed by atoms with Crippen molar-refractivity contribution in [1.82, 2.24) is 20.2 Å². The lowest BCUT2D eigenvalue weighted by Crippen LogP contribution is -2.36. The van der Waals surface area contributed by atoms with E-state index < -0.39 is 0 Å². The number of hydrogen-bond acceptors (Lipinski definition) is 5. The molecule has 1 aliphatic heterocycles. The Bertz CT molecular complexity index is 895. The average Bonchev–Trinajstić information content (AvgIpc) is 3.24. The van der Waals surface area contributed by atoms with Crippen LogP contribution in [0.5, 0.6) is 0 Å². The normalized spacial score (nSPS) is 16.0. The summed E-state index contributed by atoms with van der Waals surface area (Å²) in [5, 5.41) is 7.64. The smallest absolute Gasteiger partial charge is 0.237 e. The molecule has 3 heterocycles. The van der Waals surface area contributed by atoms with Crippen LogP contribution in [0.15, 0.2) is 53.9 Å². The van der Waals surface area contributed by atoms with E-state index in [0.717, 1.165) is 17.7 Å². The number of anilines is 1. The third kappa shape index (κ3) is 3.15. The van der Waals surface area contributed by atoms with Crippen molar-refractivity contribution < 1.29 is 4.79 Å². The molecular formula is C18H17N5OS. The first kappa shape index (κ1) is 15.8. The summed E-state index contributed by atoms with van der Waals surface area (Å²) in [6.07, 6.45) is 4.34. The number of pyridine rings is 1. The number of carbonyl (C=O) groups excluding carboxylic acids is 1. The highest BCUT2D eigenvalue weighted by atomic mass is 32.2. The van der Waals surface area contributed by atoms with E-state index in [1.165, 1.54) is 17.3 Å². The quantitative estimate of drug-likeness (QED) is 0.732. The van der Waals surface area contributed by atoms with Crippen LogP contribution in [0.25, 0.3) is 11.4 Å². The number of thioether (sulfide) groups is 1. The van der Waals surface area contributed by atoms with Gasteiger partial charge in [0.1, 0.15) is 0 Å². The first-order valence-corrected chi connectivity index (χ1v) is 9.06. The van der Waals surface area contributed by atoms with Gasteiger partial charge in [-0.1, -0.05) is 30.0 Å². The van der Waals surface area contributed by atoms with Crippen LogP contribution in [-0.4, -0.2) is 37.9 Å². The van der Waals surface area contributed by atoms with Crippen LogP contribution >= 0.6 is 11.8 Å². The summed E-state index contributed by atoms with van der Waals surface area (Å²) in [4.78, 5) is 23.1. The first-order valence-electron chi connectivity index (χ1n) is 8.08. The summed E-state index contributed by atoms with van der Waals surface area (Å²) < 4.78 is 0. The lowest BCUT2D eigenvalue weighted by molar-refractivity contribution is -0.116. The summed E-state index contributed by atoms with van der Waals surface area (Å²) in [5.74, 6) is 1.04. The van der Waals surface area contributed by atoms with Gasteiger partial charge in [-0.05, 0) is 37.1 Å². The molecule has 4 rings (SSSR count). The van der Waals surface area contributed by atoms with Gasteiger partial charge in [-0.25, -0.2) is 4.98 Å². The minimum absolute atomic E-state index is 0.0789. The third-order valence-electron chi connectivity index (χ3n) is 4.20. The Morgan fingerprint density at radius 2 is 2.20 bits per heavy atom. The van der Waals surface area contributed by atoms with E-state index in [2.05, 4.69) is 33.2 Å². The molecule has 6 nitrogen and oxygen atoms in total. The number of aromatic amines is 1. The Balaban J connectivity index is 1.44. The summed E-state index contributed by atoms with van der Waals surface area (Å²) in [5.41, 5.74) is 3.12. The largest absolute Gasteiger partial charge is 0.308 e. The number of amides is 1.